The zero-order chi connectivity index (χ0) is 19.9. The Balaban J connectivity index is 1.45. The summed E-state index contributed by atoms with van der Waals surface area (Å²) in [6.45, 7) is 3.99. The van der Waals surface area contributed by atoms with Crippen molar-refractivity contribution in [3.63, 3.8) is 0 Å². The Labute approximate surface area is 175 Å². The van der Waals surface area contributed by atoms with Gasteiger partial charge in [0.15, 0.2) is 11.7 Å². The molecule has 8 heteroatoms. The Kier molecular flexibility index (Phi) is 7.08. The van der Waals surface area contributed by atoms with E-state index in [0.717, 1.165) is 31.9 Å². The number of para-hydroxylation sites is 1. The molecule has 1 aliphatic heterocycles. The van der Waals surface area contributed by atoms with Gasteiger partial charge in [0.05, 0.1) is 5.02 Å². The molecule has 0 atom stereocenters. The maximum absolute atomic E-state index is 12.0. The Morgan fingerprint density at radius 2 is 1.79 bits per heavy atom. The van der Waals surface area contributed by atoms with Gasteiger partial charge in [0.25, 0.3) is 5.91 Å². The van der Waals surface area contributed by atoms with Crippen molar-refractivity contribution >= 4 is 46.2 Å². The van der Waals surface area contributed by atoms with Gasteiger partial charge in [-0.15, -0.1) is 0 Å². The number of nitrogens with one attached hydrogen (secondary N) is 2. The van der Waals surface area contributed by atoms with Crippen LogP contribution in [0.25, 0.3) is 0 Å². The van der Waals surface area contributed by atoms with Crippen molar-refractivity contribution < 1.29 is 9.53 Å². The van der Waals surface area contributed by atoms with Crippen LogP contribution in [0.5, 0.6) is 5.75 Å². The van der Waals surface area contributed by atoms with Crippen molar-refractivity contribution in [2.45, 2.75) is 0 Å². The lowest BCUT2D eigenvalue weighted by molar-refractivity contribution is -0.121. The van der Waals surface area contributed by atoms with E-state index in [-0.39, 0.29) is 17.6 Å². The number of amides is 1. The van der Waals surface area contributed by atoms with Crippen LogP contribution in [-0.4, -0.2) is 55.8 Å². The molecule has 0 aromatic heterocycles. The molecule has 2 aromatic carbocycles. The van der Waals surface area contributed by atoms with E-state index >= 15 is 0 Å². The lowest BCUT2D eigenvalue weighted by Crippen LogP contribution is -2.44. The molecule has 0 saturated carbocycles. The van der Waals surface area contributed by atoms with E-state index in [1.165, 1.54) is 5.69 Å². The van der Waals surface area contributed by atoms with Gasteiger partial charge in [0, 0.05) is 37.6 Å². The summed E-state index contributed by atoms with van der Waals surface area (Å²) in [5, 5.41) is 6.29. The summed E-state index contributed by atoms with van der Waals surface area (Å²) in [5.41, 5.74) is 2.00. The average Bonchev–Trinajstić information content (AvgIpc) is 2.68. The van der Waals surface area contributed by atoms with E-state index in [2.05, 4.69) is 39.6 Å². The molecule has 0 radical (unpaired) electrons. The zero-order valence-corrected chi connectivity index (χ0v) is 17.2. The topological polar surface area (TPSA) is 56.8 Å². The number of ether oxygens (including phenoxy) is 1. The molecule has 3 rings (SSSR count). The molecule has 2 N–H and O–H groups in total. The number of carbonyl (C=O) groups is 1. The molecule has 1 heterocycles. The summed E-state index contributed by atoms with van der Waals surface area (Å²) in [5.74, 6) is 0.101. The quantitative estimate of drug-likeness (QED) is 0.728. The second kappa shape index (κ2) is 9.73. The Hall–Kier alpha value is -2.35. The van der Waals surface area contributed by atoms with Crippen molar-refractivity contribution in [1.29, 1.82) is 0 Å². The molecule has 2 aromatic rings. The Morgan fingerprint density at radius 3 is 2.46 bits per heavy atom. The third-order valence-electron chi connectivity index (χ3n) is 4.44. The highest BCUT2D eigenvalue weighted by Crippen LogP contribution is 2.23. The normalized spacial score (nSPS) is 14.4. The van der Waals surface area contributed by atoms with Crippen LogP contribution < -0.4 is 20.3 Å². The maximum Gasteiger partial charge on any atom is 0.264 e. The van der Waals surface area contributed by atoms with Crippen LogP contribution in [0.3, 0.4) is 0 Å². The predicted octanol–water partition coefficient (Wildman–Crippen LogP) is 2.98. The molecule has 28 heavy (non-hydrogen) atoms. The van der Waals surface area contributed by atoms with Crippen molar-refractivity contribution in [2.24, 2.45) is 0 Å². The maximum atomic E-state index is 12.0. The lowest BCUT2D eigenvalue weighted by atomic mass is 10.2. The molecular weight excluding hydrogens is 396 g/mol. The Morgan fingerprint density at radius 1 is 1.11 bits per heavy atom. The van der Waals surface area contributed by atoms with Gasteiger partial charge in [0.1, 0.15) is 5.75 Å². The van der Waals surface area contributed by atoms with E-state index in [0.29, 0.717) is 10.8 Å². The van der Waals surface area contributed by atoms with Crippen LogP contribution in [0, 0.1) is 0 Å². The number of anilines is 2. The average molecular weight is 419 g/mol. The van der Waals surface area contributed by atoms with Gasteiger partial charge in [-0.25, -0.2) is 0 Å². The summed E-state index contributed by atoms with van der Waals surface area (Å²) < 4.78 is 5.40. The van der Waals surface area contributed by atoms with Crippen molar-refractivity contribution in [1.82, 2.24) is 10.2 Å². The van der Waals surface area contributed by atoms with E-state index in [4.69, 9.17) is 28.6 Å². The van der Waals surface area contributed by atoms with Crippen LogP contribution in [-0.2, 0) is 4.79 Å². The van der Waals surface area contributed by atoms with Gasteiger partial charge in [-0.3, -0.25) is 10.1 Å². The first-order valence-electron chi connectivity index (χ1n) is 9.03. The summed E-state index contributed by atoms with van der Waals surface area (Å²) in [4.78, 5) is 16.7. The number of benzene rings is 2. The third-order valence-corrected chi connectivity index (χ3v) is 4.96. The van der Waals surface area contributed by atoms with E-state index in [1.54, 1.807) is 24.3 Å². The van der Waals surface area contributed by atoms with Crippen molar-refractivity contribution in [3.05, 3.63) is 53.6 Å². The molecule has 1 fully saturated rings. The Bertz CT molecular complexity index is 823. The lowest BCUT2D eigenvalue weighted by Gasteiger charge is -2.34. The van der Waals surface area contributed by atoms with Crippen LogP contribution in [0.2, 0.25) is 5.02 Å². The molecule has 0 unspecified atom stereocenters. The smallest absolute Gasteiger partial charge is 0.264 e. The molecule has 1 aliphatic rings. The summed E-state index contributed by atoms with van der Waals surface area (Å²) in [6, 6.07) is 15.0. The number of nitrogens with zero attached hydrogens (tertiary/aromatic N) is 2. The van der Waals surface area contributed by atoms with Crippen LogP contribution in [0.1, 0.15) is 0 Å². The number of rotatable bonds is 5. The zero-order valence-electron chi connectivity index (χ0n) is 15.7. The minimum atomic E-state index is -0.355. The third kappa shape index (κ3) is 5.82. The fraction of sp³-hybridized carbons (Fsp3) is 0.300. The van der Waals surface area contributed by atoms with Gasteiger partial charge in [0.2, 0.25) is 0 Å². The second-order valence-electron chi connectivity index (χ2n) is 6.56. The first kappa shape index (κ1) is 20.4. The number of hydrogen-bond donors (Lipinski definition) is 2. The molecular formula is C20H23ClN4O2S. The number of piperazine rings is 1. The van der Waals surface area contributed by atoms with Gasteiger partial charge in [-0.1, -0.05) is 23.7 Å². The SMILES string of the molecule is CN1CCN(c2ccc(NC(=S)NC(=O)COc3ccccc3Cl)cc2)CC1. The molecule has 148 valence electrons. The highest BCUT2D eigenvalue weighted by Gasteiger charge is 2.14. The van der Waals surface area contributed by atoms with Gasteiger partial charge in [-0.2, -0.15) is 0 Å². The minimum absolute atomic E-state index is 0.173. The van der Waals surface area contributed by atoms with Crippen LogP contribution >= 0.6 is 23.8 Å². The first-order valence-corrected chi connectivity index (χ1v) is 9.81. The number of likely N-dealkylation sites (N-methyl/N-ethyl adjacent to an activating group) is 1. The van der Waals surface area contributed by atoms with E-state index in [9.17, 15) is 4.79 Å². The molecule has 6 nitrogen and oxygen atoms in total. The first-order chi connectivity index (χ1) is 13.5. The van der Waals surface area contributed by atoms with Gasteiger partial charge < -0.3 is 19.9 Å². The van der Waals surface area contributed by atoms with Gasteiger partial charge in [-0.05, 0) is 55.7 Å². The van der Waals surface area contributed by atoms with Crippen molar-refractivity contribution in [3.8, 4) is 5.75 Å². The summed E-state index contributed by atoms with van der Waals surface area (Å²) in [6.07, 6.45) is 0. The van der Waals surface area contributed by atoms with Crippen molar-refractivity contribution in [2.75, 3.05) is 50.1 Å². The molecule has 0 spiro atoms. The number of thiocarbonyl (C=S) groups is 1. The minimum Gasteiger partial charge on any atom is -0.482 e. The molecule has 1 amide bonds. The number of carbonyl (C=O) groups excluding carboxylic acids is 1. The predicted molar refractivity (Wildman–Crippen MR) is 117 cm³/mol. The van der Waals surface area contributed by atoms with Crippen LogP contribution in [0.15, 0.2) is 48.5 Å². The standard InChI is InChI=1S/C20H23ClN4O2S/c1-24-10-12-25(13-11-24)16-8-6-15(7-9-16)22-20(28)23-19(26)14-27-18-5-3-2-4-17(18)21/h2-9H,10-14H2,1H3,(H2,22,23,26,28). The molecule has 0 bridgehead atoms. The van der Waals surface area contributed by atoms with E-state index in [1.807, 2.05) is 12.1 Å². The summed E-state index contributed by atoms with van der Waals surface area (Å²) >= 11 is 11.2. The largest absolute Gasteiger partial charge is 0.482 e. The number of hydrogen-bond acceptors (Lipinski definition) is 5. The highest BCUT2D eigenvalue weighted by molar-refractivity contribution is 7.80. The molecule has 1 saturated heterocycles. The monoisotopic (exact) mass is 418 g/mol. The van der Waals surface area contributed by atoms with Gasteiger partial charge >= 0.3 is 0 Å². The highest BCUT2D eigenvalue weighted by atomic mass is 35.5. The second-order valence-corrected chi connectivity index (χ2v) is 7.37. The van der Waals surface area contributed by atoms with E-state index < -0.39 is 0 Å². The number of halogens is 1. The van der Waals surface area contributed by atoms with Crippen LogP contribution in [0.4, 0.5) is 11.4 Å². The summed E-state index contributed by atoms with van der Waals surface area (Å²) in [7, 11) is 2.14. The fourth-order valence-electron chi connectivity index (χ4n) is 2.85. The molecule has 0 aliphatic carbocycles. The fourth-order valence-corrected chi connectivity index (χ4v) is 3.27.